The molecule has 2 heterocycles. The fourth-order valence-corrected chi connectivity index (χ4v) is 4.04. The first-order valence-corrected chi connectivity index (χ1v) is 9.16. The molecule has 1 saturated heterocycles. The normalized spacial score (nSPS) is 24.7. The van der Waals surface area contributed by atoms with Gasteiger partial charge in [-0.15, -0.1) is 15.7 Å². The number of halogens is 2. The average Bonchev–Trinajstić information content (AvgIpc) is 3.02. The number of hydrogen-bond acceptors (Lipinski definition) is 8. The molecule has 1 fully saturated rings. The van der Waals surface area contributed by atoms with Crippen LogP contribution in [0.25, 0.3) is 0 Å². The van der Waals surface area contributed by atoms with Gasteiger partial charge in [0, 0.05) is 13.1 Å². The summed E-state index contributed by atoms with van der Waals surface area (Å²) >= 11 is 3.08. The van der Waals surface area contributed by atoms with E-state index < -0.39 is 16.6 Å². The van der Waals surface area contributed by atoms with E-state index in [0.717, 1.165) is 0 Å². The van der Waals surface area contributed by atoms with Crippen LogP contribution in [0.1, 0.15) is 6.42 Å². The number of hydrogen-bond donors (Lipinski definition) is 5. The van der Waals surface area contributed by atoms with E-state index in [-0.39, 0.29) is 22.1 Å². The van der Waals surface area contributed by atoms with Crippen LogP contribution in [0.5, 0.6) is 0 Å². The lowest BCUT2D eigenvalue weighted by atomic mass is 10.3. The highest BCUT2D eigenvalue weighted by Gasteiger charge is 2.32. The van der Waals surface area contributed by atoms with Gasteiger partial charge in [0.15, 0.2) is 5.82 Å². The van der Waals surface area contributed by atoms with Gasteiger partial charge in [-0.25, -0.2) is 9.11 Å². The molecule has 0 bridgehead atoms. The van der Waals surface area contributed by atoms with Crippen molar-refractivity contribution in [2.24, 2.45) is 0 Å². The maximum absolute atomic E-state index is 13.3. The van der Waals surface area contributed by atoms with Gasteiger partial charge in [0.2, 0.25) is 0 Å². The Morgan fingerprint density at radius 1 is 1.48 bits per heavy atom. The van der Waals surface area contributed by atoms with Gasteiger partial charge in [-0.3, -0.25) is 14.3 Å². The Morgan fingerprint density at radius 3 is 2.91 bits per heavy atom. The molecule has 8 nitrogen and oxygen atoms in total. The van der Waals surface area contributed by atoms with Crippen molar-refractivity contribution in [2.75, 3.05) is 18.2 Å². The van der Waals surface area contributed by atoms with E-state index >= 15 is 0 Å². The minimum Gasteiger partial charge on any atom is -0.365 e. The first-order valence-electron chi connectivity index (χ1n) is 6.75. The Balaban J connectivity index is 1.66. The molecule has 1 atom stereocenters. The average molecular weight is 411 g/mol. The predicted octanol–water partition coefficient (Wildman–Crippen LogP) is 2.36. The molecular formula is C12H16BrFN4O4S. The molecule has 0 amide bonds. The SMILES string of the molecule is ON1ON(c2ccc(F)c(Br)c2)C=C1NCC1CCNS1(O)O. The number of rotatable bonds is 4. The second-order valence-electron chi connectivity index (χ2n) is 5.07. The molecule has 0 aromatic heterocycles. The molecule has 0 radical (unpaired) electrons. The van der Waals surface area contributed by atoms with Crippen LogP contribution in [0, 0.1) is 5.82 Å². The number of nitrogens with one attached hydrogen (secondary N) is 2. The first kappa shape index (κ1) is 16.8. The van der Waals surface area contributed by atoms with E-state index in [9.17, 15) is 18.7 Å². The summed E-state index contributed by atoms with van der Waals surface area (Å²) < 4.78 is 35.8. The summed E-state index contributed by atoms with van der Waals surface area (Å²) in [5.41, 5.74) is 0.501. The lowest BCUT2D eigenvalue weighted by molar-refractivity contribution is -0.306. The summed E-state index contributed by atoms with van der Waals surface area (Å²) in [4.78, 5) is 5.11. The van der Waals surface area contributed by atoms with Gasteiger partial charge in [-0.1, -0.05) is 5.23 Å². The Kier molecular flexibility index (Phi) is 4.69. The Bertz CT molecular complexity index is 635. The van der Waals surface area contributed by atoms with E-state index in [4.69, 9.17) is 4.94 Å². The van der Waals surface area contributed by atoms with Crippen molar-refractivity contribution in [3.05, 3.63) is 40.5 Å². The van der Waals surface area contributed by atoms with Crippen molar-refractivity contribution in [1.29, 1.82) is 0 Å². The second kappa shape index (κ2) is 6.43. The van der Waals surface area contributed by atoms with Crippen LogP contribution in [0.4, 0.5) is 10.1 Å². The molecule has 1 unspecified atom stereocenters. The monoisotopic (exact) mass is 410 g/mol. The van der Waals surface area contributed by atoms with E-state index in [1.54, 1.807) is 0 Å². The third-order valence-electron chi connectivity index (χ3n) is 3.53. The van der Waals surface area contributed by atoms with Crippen molar-refractivity contribution in [3.63, 3.8) is 0 Å². The fraction of sp³-hybridized carbons (Fsp3) is 0.333. The molecule has 0 saturated carbocycles. The van der Waals surface area contributed by atoms with Crippen LogP contribution in [0.15, 0.2) is 34.7 Å². The summed E-state index contributed by atoms with van der Waals surface area (Å²) in [7, 11) is -2.81. The van der Waals surface area contributed by atoms with E-state index in [2.05, 4.69) is 26.0 Å². The summed E-state index contributed by atoms with van der Waals surface area (Å²) in [6, 6.07) is 4.26. The van der Waals surface area contributed by atoms with Crippen molar-refractivity contribution in [3.8, 4) is 0 Å². The molecule has 3 rings (SSSR count). The van der Waals surface area contributed by atoms with Crippen molar-refractivity contribution >= 4 is 32.4 Å². The molecule has 128 valence electrons. The molecule has 11 heteroatoms. The summed E-state index contributed by atoms with van der Waals surface area (Å²) in [5, 5.41) is 14.1. The largest absolute Gasteiger partial charge is 0.365 e. The van der Waals surface area contributed by atoms with E-state index in [1.165, 1.54) is 29.5 Å². The first-order chi connectivity index (χ1) is 10.9. The van der Waals surface area contributed by atoms with E-state index in [1.807, 2.05) is 0 Å². The maximum atomic E-state index is 13.3. The Labute approximate surface area is 142 Å². The Morgan fingerprint density at radius 2 is 2.26 bits per heavy atom. The highest BCUT2D eigenvalue weighted by Crippen LogP contribution is 2.45. The summed E-state index contributed by atoms with van der Waals surface area (Å²) in [6.45, 7) is 0.783. The zero-order valence-corrected chi connectivity index (χ0v) is 14.2. The zero-order valence-electron chi connectivity index (χ0n) is 11.8. The van der Waals surface area contributed by atoms with Gasteiger partial charge in [0.05, 0.1) is 21.6 Å². The third-order valence-corrected chi connectivity index (χ3v) is 6.09. The van der Waals surface area contributed by atoms with Crippen molar-refractivity contribution in [2.45, 2.75) is 11.7 Å². The van der Waals surface area contributed by atoms with Gasteiger partial charge in [-0.2, -0.15) is 5.06 Å². The number of anilines is 1. The van der Waals surface area contributed by atoms with Gasteiger partial charge < -0.3 is 5.32 Å². The fourth-order valence-electron chi connectivity index (χ4n) is 2.26. The molecule has 5 N–H and O–H groups in total. The minimum atomic E-state index is -2.81. The molecule has 1 aromatic carbocycles. The van der Waals surface area contributed by atoms with Crippen LogP contribution in [-0.2, 0) is 4.94 Å². The van der Waals surface area contributed by atoms with Crippen LogP contribution in [0.3, 0.4) is 0 Å². The molecule has 0 spiro atoms. The van der Waals surface area contributed by atoms with Gasteiger partial charge in [0.25, 0.3) is 0 Å². The zero-order chi connectivity index (χ0) is 16.6. The maximum Gasteiger partial charge on any atom is 0.179 e. The van der Waals surface area contributed by atoms with E-state index in [0.29, 0.717) is 23.9 Å². The molecular weight excluding hydrogens is 395 g/mol. The van der Waals surface area contributed by atoms with Crippen molar-refractivity contribution < 1.29 is 23.6 Å². The minimum absolute atomic E-state index is 0.229. The third kappa shape index (κ3) is 3.55. The molecule has 0 aliphatic carbocycles. The molecule has 23 heavy (non-hydrogen) atoms. The summed E-state index contributed by atoms with van der Waals surface area (Å²) in [5.74, 6) is -0.178. The standard InChI is InChI=1S/C12H16BrFN4O4S/c13-10-5-8(1-2-11(10)14)17-7-12(18(19)22-17)15-6-9-3-4-16-23(9,20)21/h1-2,5,7,9,15-16,19-21H,3-4,6H2. The quantitative estimate of drug-likeness (QED) is 0.515. The molecule has 1 aromatic rings. The smallest absolute Gasteiger partial charge is 0.179 e. The van der Waals surface area contributed by atoms with Gasteiger partial charge >= 0.3 is 0 Å². The van der Waals surface area contributed by atoms with Gasteiger partial charge in [-0.05, 0) is 40.5 Å². The number of nitrogens with zero attached hydrogens (tertiary/aromatic N) is 2. The van der Waals surface area contributed by atoms with Crippen LogP contribution < -0.4 is 15.1 Å². The van der Waals surface area contributed by atoms with Gasteiger partial charge in [0.1, 0.15) is 5.82 Å². The van der Waals surface area contributed by atoms with Crippen LogP contribution in [0.2, 0.25) is 0 Å². The van der Waals surface area contributed by atoms with Crippen LogP contribution >= 0.6 is 26.7 Å². The topological polar surface area (TPSA) is 100 Å². The highest BCUT2D eigenvalue weighted by atomic mass is 79.9. The molecule has 2 aliphatic heterocycles. The molecule has 2 aliphatic rings. The van der Waals surface area contributed by atoms with Crippen molar-refractivity contribution in [1.82, 2.24) is 15.3 Å². The Hall–Kier alpha value is -1.08. The van der Waals surface area contributed by atoms with Crippen LogP contribution in [-0.4, -0.2) is 37.9 Å². The predicted molar refractivity (Wildman–Crippen MR) is 86.6 cm³/mol. The highest BCUT2D eigenvalue weighted by molar-refractivity contribution is 9.10. The lowest BCUT2D eigenvalue weighted by Crippen LogP contribution is -2.33. The number of benzene rings is 1. The lowest BCUT2D eigenvalue weighted by Gasteiger charge is -2.33. The second-order valence-corrected chi connectivity index (χ2v) is 8.07. The number of hydroxylamine groups is 3. The summed E-state index contributed by atoms with van der Waals surface area (Å²) in [6.07, 6.45) is 2.08.